The fourth-order valence-electron chi connectivity index (χ4n) is 5.23. The molecule has 224 valence electrons. The summed E-state index contributed by atoms with van der Waals surface area (Å²) in [6.45, 7) is 4.25. The fourth-order valence-corrected chi connectivity index (χ4v) is 7.03. The van der Waals surface area contributed by atoms with Gasteiger partial charge in [-0.2, -0.15) is 0 Å². The number of para-hydroxylation sites is 3. The fraction of sp³-hybridized carbons (Fsp3) is 0.118. The lowest BCUT2D eigenvalue weighted by Crippen LogP contribution is -2.40. The first-order chi connectivity index (χ1) is 22.0. The van der Waals surface area contributed by atoms with Crippen molar-refractivity contribution in [3.05, 3.63) is 133 Å². The van der Waals surface area contributed by atoms with E-state index in [9.17, 15) is 9.59 Å². The second-order valence-electron chi connectivity index (χ2n) is 10.2. The van der Waals surface area contributed by atoms with Gasteiger partial charge < -0.3 is 19.5 Å². The van der Waals surface area contributed by atoms with Crippen LogP contribution in [0, 0.1) is 0 Å². The number of rotatable bonds is 8. The minimum Gasteiger partial charge on any atom is -0.494 e. The Balaban J connectivity index is 1.26. The summed E-state index contributed by atoms with van der Waals surface area (Å²) in [6.07, 6.45) is 1.71. The molecule has 2 N–H and O–H groups in total. The molecule has 0 saturated carbocycles. The minimum atomic E-state index is -0.696. The third-order valence-corrected chi connectivity index (χ3v) is 9.04. The lowest BCUT2D eigenvalue weighted by atomic mass is 9.95. The number of carbonyl (C=O) groups excluding carboxylic acids is 1. The highest BCUT2D eigenvalue weighted by Crippen LogP contribution is 2.32. The van der Waals surface area contributed by atoms with Crippen LogP contribution in [-0.2, 0) is 4.79 Å². The Labute approximate surface area is 265 Å². The number of hydrogen-bond acceptors (Lipinski definition) is 8. The van der Waals surface area contributed by atoms with Crippen molar-refractivity contribution in [1.29, 1.82) is 0 Å². The molecule has 1 amide bonds. The van der Waals surface area contributed by atoms with Gasteiger partial charge in [-0.05, 0) is 79.7 Å². The molecular weight excluding hydrogens is 607 g/mol. The van der Waals surface area contributed by atoms with Crippen molar-refractivity contribution in [2.45, 2.75) is 30.1 Å². The summed E-state index contributed by atoms with van der Waals surface area (Å²) in [4.78, 5) is 40.9. The van der Waals surface area contributed by atoms with Gasteiger partial charge >= 0.3 is 0 Å². The number of H-pyrrole nitrogens is 1. The standard InChI is InChI=1S/C34H27N5O4S2/c1-3-42-23-15-13-21(14-16-23)30-29(31(40)36-22-9-5-4-6-10-22)20(2)35-34-39(30)32(41)27(44-34)19-24-17-18-28(43-24)45-33-37-25-11-7-8-12-26(25)38-33/h4-19,30H,3H2,1-2H3,(H,36,40)(H,37,38)/b27-19+/t30-/m1/s1. The van der Waals surface area contributed by atoms with E-state index in [1.54, 1.807) is 17.6 Å². The number of imidazole rings is 1. The molecule has 0 radical (unpaired) electrons. The molecule has 0 fully saturated rings. The Morgan fingerprint density at radius 3 is 2.62 bits per heavy atom. The van der Waals surface area contributed by atoms with E-state index in [0.717, 1.165) is 16.6 Å². The van der Waals surface area contributed by atoms with Crippen LogP contribution in [0.2, 0.25) is 0 Å². The largest absolute Gasteiger partial charge is 0.494 e. The number of furan rings is 1. The van der Waals surface area contributed by atoms with Gasteiger partial charge in [-0.1, -0.05) is 53.8 Å². The summed E-state index contributed by atoms with van der Waals surface area (Å²) in [6, 6.07) is 27.5. The molecule has 3 aromatic carbocycles. The topological polar surface area (TPSA) is 115 Å². The van der Waals surface area contributed by atoms with Gasteiger partial charge in [-0.25, -0.2) is 9.98 Å². The van der Waals surface area contributed by atoms with Gasteiger partial charge in [-0.3, -0.25) is 14.2 Å². The molecule has 1 aliphatic heterocycles. The number of carbonyl (C=O) groups is 1. The molecule has 45 heavy (non-hydrogen) atoms. The molecule has 0 aliphatic carbocycles. The highest BCUT2D eigenvalue weighted by Gasteiger charge is 2.32. The molecule has 11 heteroatoms. The lowest BCUT2D eigenvalue weighted by molar-refractivity contribution is -0.113. The van der Waals surface area contributed by atoms with Gasteiger partial charge in [0.25, 0.3) is 11.5 Å². The van der Waals surface area contributed by atoms with E-state index >= 15 is 0 Å². The molecule has 0 unspecified atom stereocenters. The summed E-state index contributed by atoms with van der Waals surface area (Å²) >= 11 is 2.63. The smallest absolute Gasteiger partial charge is 0.271 e. The maximum atomic E-state index is 14.0. The number of amides is 1. The first-order valence-corrected chi connectivity index (χ1v) is 15.9. The summed E-state index contributed by atoms with van der Waals surface area (Å²) in [5, 5.41) is 4.32. The van der Waals surface area contributed by atoms with Gasteiger partial charge in [0, 0.05) is 11.8 Å². The van der Waals surface area contributed by atoms with Crippen molar-refractivity contribution in [3.63, 3.8) is 0 Å². The van der Waals surface area contributed by atoms with E-state index in [4.69, 9.17) is 14.1 Å². The number of aromatic nitrogens is 3. The average Bonchev–Trinajstić information content (AvgIpc) is 3.74. The van der Waals surface area contributed by atoms with Crippen molar-refractivity contribution >= 4 is 51.8 Å². The first kappa shape index (κ1) is 28.6. The van der Waals surface area contributed by atoms with Crippen LogP contribution >= 0.6 is 23.1 Å². The van der Waals surface area contributed by atoms with Gasteiger partial charge in [0.2, 0.25) is 0 Å². The van der Waals surface area contributed by atoms with Crippen LogP contribution in [-0.4, -0.2) is 27.0 Å². The Morgan fingerprint density at radius 2 is 1.84 bits per heavy atom. The SMILES string of the molecule is CCOc1ccc([C@@H]2C(C(=O)Nc3ccccc3)=C(C)N=c3s/c(=C/c4ccc(Sc5nc6ccccc6[nH]5)o4)c(=O)n32)cc1. The molecule has 6 aromatic rings. The second-order valence-corrected chi connectivity index (χ2v) is 12.2. The van der Waals surface area contributed by atoms with Crippen LogP contribution in [0.5, 0.6) is 5.75 Å². The molecule has 7 rings (SSSR count). The number of ether oxygens (including phenoxy) is 1. The average molecular weight is 634 g/mol. The molecule has 1 aliphatic rings. The quantitative estimate of drug-likeness (QED) is 0.216. The number of hydrogen-bond donors (Lipinski definition) is 2. The molecule has 4 heterocycles. The molecular formula is C34H27N5O4S2. The van der Waals surface area contributed by atoms with Crippen molar-refractivity contribution < 1.29 is 13.9 Å². The van der Waals surface area contributed by atoms with Crippen molar-refractivity contribution in [2.75, 3.05) is 11.9 Å². The number of nitrogens with one attached hydrogen (secondary N) is 2. The maximum Gasteiger partial charge on any atom is 0.271 e. The summed E-state index contributed by atoms with van der Waals surface area (Å²) in [7, 11) is 0. The number of thiazole rings is 1. The normalized spacial score (nSPS) is 14.8. The Morgan fingerprint density at radius 1 is 1.07 bits per heavy atom. The number of allylic oxidation sites excluding steroid dienone is 1. The predicted molar refractivity (Wildman–Crippen MR) is 175 cm³/mol. The summed E-state index contributed by atoms with van der Waals surface area (Å²) in [5.74, 6) is 0.905. The van der Waals surface area contributed by atoms with E-state index in [1.165, 1.54) is 23.1 Å². The molecule has 0 bridgehead atoms. The zero-order valence-corrected chi connectivity index (χ0v) is 25.9. The number of aromatic amines is 1. The Hall–Kier alpha value is -5.13. The Bertz CT molecular complexity index is 2210. The van der Waals surface area contributed by atoms with Gasteiger partial charge in [0.15, 0.2) is 15.1 Å². The number of anilines is 1. The van der Waals surface area contributed by atoms with Gasteiger partial charge in [0.1, 0.15) is 11.5 Å². The van der Waals surface area contributed by atoms with Crippen LogP contribution in [0.4, 0.5) is 5.69 Å². The van der Waals surface area contributed by atoms with Crippen LogP contribution in [0.3, 0.4) is 0 Å². The number of benzene rings is 3. The van der Waals surface area contributed by atoms with E-state index in [1.807, 2.05) is 97.9 Å². The summed E-state index contributed by atoms with van der Waals surface area (Å²) in [5.41, 5.74) is 3.91. The number of fused-ring (bicyclic) bond motifs is 2. The highest BCUT2D eigenvalue weighted by molar-refractivity contribution is 7.99. The molecule has 9 nitrogen and oxygen atoms in total. The highest BCUT2D eigenvalue weighted by atomic mass is 32.2. The van der Waals surface area contributed by atoms with Crippen molar-refractivity contribution in [1.82, 2.24) is 14.5 Å². The summed E-state index contributed by atoms with van der Waals surface area (Å²) < 4.78 is 13.7. The van der Waals surface area contributed by atoms with Crippen LogP contribution < -0.4 is 24.9 Å². The van der Waals surface area contributed by atoms with E-state index in [2.05, 4.69) is 15.3 Å². The lowest BCUT2D eigenvalue weighted by Gasteiger charge is -2.25. The molecule has 0 spiro atoms. The monoisotopic (exact) mass is 633 g/mol. The zero-order valence-electron chi connectivity index (χ0n) is 24.3. The van der Waals surface area contributed by atoms with Crippen LogP contribution in [0.25, 0.3) is 17.1 Å². The Kier molecular flexibility index (Phi) is 7.70. The maximum absolute atomic E-state index is 14.0. The van der Waals surface area contributed by atoms with E-state index in [0.29, 0.717) is 54.7 Å². The van der Waals surface area contributed by atoms with Crippen molar-refractivity contribution in [2.24, 2.45) is 4.99 Å². The van der Waals surface area contributed by atoms with Gasteiger partial charge in [-0.15, -0.1) is 0 Å². The third-order valence-electron chi connectivity index (χ3n) is 7.25. The molecule has 0 saturated heterocycles. The van der Waals surface area contributed by atoms with E-state index < -0.39 is 6.04 Å². The third kappa shape index (κ3) is 5.75. The van der Waals surface area contributed by atoms with Crippen LogP contribution in [0.1, 0.15) is 31.2 Å². The molecule has 1 atom stereocenters. The predicted octanol–water partition coefficient (Wildman–Crippen LogP) is 5.89. The van der Waals surface area contributed by atoms with Crippen LogP contribution in [0.15, 0.2) is 127 Å². The van der Waals surface area contributed by atoms with Crippen molar-refractivity contribution in [3.8, 4) is 5.75 Å². The van der Waals surface area contributed by atoms with E-state index in [-0.39, 0.29) is 11.5 Å². The number of nitrogens with zero attached hydrogens (tertiary/aromatic N) is 3. The van der Waals surface area contributed by atoms with Gasteiger partial charge in [0.05, 0.1) is 39.5 Å². The minimum absolute atomic E-state index is 0.266. The second kappa shape index (κ2) is 12.1. The first-order valence-electron chi connectivity index (χ1n) is 14.3. The zero-order chi connectivity index (χ0) is 30.9. The molecule has 3 aromatic heterocycles.